The van der Waals surface area contributed by atoms with Crippen LogP contribution in [0, 0.1) is 13.8 Å². The molecule has 0 saturated carbocycles. The predicted octanol–water partition coefficient (Wildman–Crippen LogP) is 3.79. The Bertz CT molecular complexity index is 1170. The third-order valence-corrected chi connectivity index (χ3v) is 5.73. The van der Waals surface area contributed by atoms with Crippen molar-refractivity contribution >= 4 is 33.1 Å². The molecule has 0 aliphatic rings. The van der Waals surface area contributed by atoms with Gasteiger partial charge in [0.15, 0.2) is 0 Å². The van der Waals surface area contributed by atoms with Crippen LogP contribution in [0.2, 0.25) is 0 Å². The van der Waals surface area contributed by atoms with Gasteiger partial charge in [-0.3, -0.25) is 14.2 Å². The third kappa shape index (κ3) is 4.39. The number of nitrogens with zero attached hydrogens (tertiary/aromatic N) is 3. The minimum atomic E-state index is -4.61. The van der Waals surface area contributed by atoms with E-state index in [1.54, 1.807) is 19.0 Å². The largest absolute Gasteiger partial charge is 0.418 e. The van der Waals surface area contributed by atoms with Gasteiger partial charge in [-0.05, 0) is 45.6 Å². The van der Waals surface area contributed by atoms with E-state index in [4.69, 9.17) is 0 Å². The van der Waals surface area contributed by atoms with Crippen LogP contribution in [0.3, 0.4) is 0 Å². The molecule has 1 N–H and O–H groups in total. The summed E-state index contributed by atoms with van der Waals surface area (Å²) in [7, 11) is 3.59. The molecule has 0 fully saturated rings. The molecule has 0 bridgehead atoms. The molecule has 0 aliphatic carbocycles. The number of anilines is 1. The van der Waals surface area contributed by atoms with Gasteiger partial charge in [-0.1, -0.05) is 12.1 Å². The molecule has 30 heavy (non-hydrogen) atoms. The average molecular weight is 438 g/mol. The summed E-state index contributed by atoms with van der Waals surface area (Å²) in [6, 6.07) is 4.72. The molecular formula is C20H21F3N4O2S. The Morgan fingerprint density at radius 1 is 1.23 bits per heavy atom. The zero-order chi connectivity index (χ0) is 22.2. The van der Waals surface area contributed by atoms with Gasteiger partial charge in [0.2, 0.25) is 5.91 Å². The number of aromatic nitrogens is 2. The quantitative estimate of drug-likeness (QED) is 0.658. The van der Waals surface area contributed by atoms with Crippen LogP contribution in [-0.2, 0) is 24.1 Å². The van der Waals surface area contributed by atoms with Crippen molar-refractivity contribution in [3.63, 3.8) is 0 Å². The van der Waals surface area contributed by atoms with Crippen LogP contribution < -0.4 is 10.9 Å². The summed E-state index contributed by atoms with van der Waals surface area (Å²) in [6.45, 7) is 3.56. The van der Waals surface area contributed by atoms with Crippen molar-refractivity contribution < 1.29 is 18.0 Å². The lowest BCUT2D eigenvalue weighted by Gasteiger charge is -2.17. The molecule has 0 saturated heterocycles. The summed E-state index contributed by atoms with van der Waals surface area (Å²) in [5.74, 6) is -0.363. The Morgan fingerprint density at radius 3 is 2.53 bits per heavy atom. The highest BCUT2D eigenvalue weighted by Crippen LogP contribution is 2.34. The van der Waals surface area contributed by atoms with Gasteiger partial charge in [0.05, 0.1) is 23.2 Å². The highest BCUT2D eigenvalue weighted by molar-refractivity contribution is 7.18. The highest BCUT2D eigenvalue weighted by Gasteiger charge is 2.33. The Kier molecular flexibility index (Phi) is 6.00. The number of hydrogen-bond donors (Lipinski definition) is 1. The number of carbonyl (C=O) groups excluding carboxylic acids is 1. The number of amides is 1. The lowest BCUT2D eigenvalue weighted by atomic mass is 10.1. The summed E-state index contributed by atoms with van der Waals surface area (Å²) in [5, 5.41) is 2.72. The smallest absolute Gasteiger partial charge is 0.324 e. The molecule has 160 valence electrons. The van der Waals surface area contributed by atoms with E-state index in [2.05, 4.69) is 10.3 Å². The van der Waals surface area contributed by atoms with E-state index >= 15 is 0 Å². The molecule has 0 radical (unpaired) electrons. The minimum Gasteiger partial charge on any atom is -0.324 e. The molecule has 2 heterocycles. The van der Waals surface area contributed by atoms with Crippen LogP contribution in [0.5, 0.6) is 0 Å². The van der Waals surface area contributed by atoms with Gasteiger partial charge >= 0.3 is 6.18 Å². The lowest BCUT2D eigenvalue weighted by molar-refractivity contribution is -0.137. The molecule has 6 nitrogen and oxygen atoms in total. The Labute approximate surface area is 175 Å². The van der Waals surface area contributed by atoms with Gasteiger partial charge in [0.25, 0.3) is 5.56 Å². The predicted molar refractivity (Wildman–Crippen MR) is 111 cm³/mol. The van der Waals surface area contributed by atoms with Crippen LogP contribution in [0.1, 0.15) is 21.8 Å². The maximum absolute atomic E-state index is 13.2. The van der Waals surface area contributed by atoms with E-state index in [9.17, 15) is 22.8 Å². The van der Waals surface area contributed by atoms with Crippen molar-refractivity contribution in [1.29, 1.82) is 0 Å². The Balaban J connectivity index is 2.01. The maximum atomic E-state index is 13.2. The molecule has 0 spiro atoms. The zero-order valence-electron chi connectivity index (χ0n) is 16.9. The fourth-order valence-corrected chi connectivity index (χ4v) is 4.15. The number of hydrogen-bond acceptors (Lipinski definition) is 5. The van der Waals surface area contributed by atoms with Crippen molar-refractivity contribution in [2.24, 2.45) is 0 Å². The van der Waals surface area contributed by atoms with E-state index in [1.807, 2.05) is 13.8 Å². The van der Waals surface area contributed by atoms with Crippen molar-refractivity contribution in [2.75, 3.05) is 19.4 Å². The first kappa shape index (κ1) is 22.0. The first-order valence-electron chi connectivity index (χ1n) is 9.09. The summed E-state index contributed by atoms with van der Waals surface area (Å²) < 4.78 is 40.8. The molecule has 3 aromatic rings. The maximum Gasteiger partial charge on any atom is 0.418 e. The number of halogens is 3. The van der Waals surface area contributed by atoms with E-state index < -0.39 is 24.2 Å². The number of rotatable bonds is 5. The van der Waals surface area contributed by atoms with Gasteiger partial charge in [0, 0.05) is 4.88 Å². The Morgan fingerprint density at radius 2 is 1.90 bits per heavy atom. The first-order chi connectivity index (χ1) is 14.0. The fourth-order valence-electron chi connectivity index (χ4n) is 3.11. The number of nitrogens with one attached hydrogen (secondary N) is 1. The van der Waals surface area contributed by atoms with Crippen molar-refractivity contribution in [2.45, 2.75) is 33.1 Å². The number of thiophene rings is 1. The minimum absolute atomic E-state index is 0.299. The molecule has 10 heteroatoms. The fraction of sp³-hybridized carbons (Fsp3) is 0.350. The summed E-state index contributed by atoms with van der Waals surface area (Å²) >= 11 is 1.40. The van der Waals surface area contributed by atoms with Crippen molar-refractivity contribution in [3.8, 4) is 0 Å². The van der Waals surface area contributed by atoms with Gasteiger partial charge in [-0.25, -0.2) is 4.98 Å². The van der Waals surface area contributed by atoms with E-state index in [1.165, 1.54) is 34.1 Å². The number of benzene rings is 1. The molecule has 0 atom stereocenters. The summed E-state index contributed by atoms with van der Waals surface area (Å²) in [6.07, 6.45) is -4.61. The number of fused-ring (bicyclic) bond motifs is 1. The molecule has 1 amide bonds. The molecular weight excluding hydrogens is 417 g/mol. The van der Waals surface area contributed by atoms with Gasteiger partial charge in [0.1, 0.15) is 17.2 Å². The van der Waals surface area contributed by atoms with Gasteiger partial charge < -0.3 is 10.2 Å². The summed E-state index contributed by atoms with van der Waals surface area (Å²) in [5.41, 5.74) is -0.885. The second-order valence-electron chi connectivity index (χ2n) is 7.21. The van der Waals surface area contributed by atoms with Crippen molar-refractivity contribution in [3.05, 3.63) is 56.4 Å². The number of para-hydroxylation sites is 1. The summed E-state index contributed by atoms with van der Waals surface area (Å²) in [4.78, 5) is 33.6. The van der Waals surface area contributed by atoms with E-state index in [-0.39, 0.29) is 11.2 Å². The van der Waals surface area contributed by atoms with Crippen LogP contribution in [0.4, 0.5) is 18.9 Å². The molecule has 1 aromatic carbocycles. The van der Waals surface area contributed by atoms with Crippen LogP contribution >= 0.6 is 11.3 Å². The van der Waals surface area contributed by atoms with Crippen LogP contribution in [0.25, 0.3) is 10.2 Å². The van der Waals surface area contributed by atoms with Crippen molar-refractivity contribution in [1.82, 2.24) is 14.5 Å². The zero-order valence-corrected chi connectivity index (χ0v) is 17.7. The molecule has 0 aliphatic heterocycles. The third-order valence-electron chi connectivity index (χ3n) is 4.63. The van der Waals surface area contributed by atoms with Crippen LogP contribution in [0.15, 0.2) is 29.1 Å². The van der Waals surface area contributed by atoms with Crippen LogP contribution in [-0.4, -0.2) is 34.5 Å². The lowest BCUT2D eigenvalue weighted by Crippen LogP contribution is -2.33. The van der Waals surface area contributed by atoms with Gasteiger partial charge in [-0.15, -0.1) is 11.3 Å². The van der Waals surface area contributed by atoms with Gasteiger partial charge in [-0.2, -0.15) is 13.2 Å². The first-order valence-corrected chi connectivity index (χ1v) is 9.91. The van der Waals surface area contributed by atoms with E-state index in [0.29, 0.717) is 22.6 Å². The number of carbonyl (C=O) groups is 1. The Hall–Kier alpha value is -2.72. The standard InChI is InChI=1S/C20H21F3N4O2S/c1-11-12(2)30-18-17(11)19(29)27(15(25-18)9-26(3)4)10-16(28)24-14-8-6-5-7-13(14)20(21,22)23/h5-8H,9-10H2,1-4H3,(H,24,28). The normalized spacial score (nSPS) is 12.0. The second-order valence-corrected chi connectivity index (χ2v) is 8.42. The topological polar surface area (TPSA) is 67.2 Å². The highest BCUT2D eigenvalue weighted by atomic mass is 32.1. The SMILES string of the molecule is Cc1sc2nc(CN(C)C)n(CC(=O)Nc3ccccc3C(F)(F)F)c(=O)c2c1C. The molecule has 3 rings (SSSR count). The number of alkyl halides is 3. The monoisotopic (exact) mass is 438 g/mol. The second kappa shape index (κ2) is 8.19. The molecule has 2 aromatic heterocycles. The molecule has 0 unspecified atom stereocenters. The number of aryl methyl sites for hydroxylation is 2. The average Bonchev–Trinajstić information content (AvgIpc) is 2.91. The van der Waals surface area contributed by atoms with E-state index in [0.717, 1.165) is 16.5 Å².